The molecule has 0 radical (unpaired) electrons. The molecule has 0 aromatic carbocycles. The molecule has 1 atom stereocenters. The molecule has 1 N–H and O–H groups in total. The molecular formula is C20H34N2O3S. The lowest BCUT2D eigenvalue weighted by Crippen LogP contribution is -2.61. The number of hydrogen-bond acceptors (Lipinski definition) is 3. The van der Waals surface area contributed by atoms with Gasteiger partial charge >= 0.3 is 0 Å². The molecule has 1 heterocycles. The summed E-state index contributed by atoms with van der Waals surface area (Å²) in [5.41, 5.74) is 0.0230. The molecule has 4 saturated carbocycles. The third-order valence-electron chi connectivity index (χ3n) is 7.33. The SMILES string of the molecule is CCCCS(=O)(=O)N1CCC[C@@H](C(=O)NC23CC4CC(CC(C4)C2)C3)C1. The molecule has 0 aromatic rings. The van der Waals surface area contributed by atoms with E-state index < -0.39 is 10.0 Å². The summed E-state index contributed by atoms with van der Waals surface area (Å²) in [7, 11) is -3.21. The standard InChI is InChI=1S/C20H34N2O3S/c1-2-3-7-26(24,25)22-6-4-5-18(14-22)19(23)21-20-11-15-8-16(12-20)10-17(9-15)13-20/h15-18H,2-14H2,1H3,(H,21,23)/t15?,16?,17?,18-,20?/m1/s1. The largest absolute Gasteiger partial charge is 0.350 e. The van der Waals surface area contributed by atoms with Crippen molar-refractivity contribution in [3.63, 3.8) is 0 Å². The first kappa shape index (κ1) is 18.7. The van der Waals surface area contributed by atoms with Crippen molar-refractivity contribution in [2.75, 3.05) is 18.8 Å². The Bertz CT molecular complexity index is 610. The molecule has 0 spiro atoms. The van der Waals surface area contributed by atoms with E-state index in [1.807, 2.05) is 6.92 Å². The minimum Gasteiger partial charge on any atom is -0.350 e. The fraction of sp³-hybridized carbons (Fsp3) is 0.950. The van der Waals surface area contributed by atoms with Gasteiger partial charge in [-0.1, -0.05) is 13.3 Å². The summed E-state index contributed by atoms with van der Waals surface area (Å²) in [6.45, 7) is 2.96. The van der Waals surface area contributed by atoms with Crippen molar-refractivity contribution in [1.29, 1.82) is 0 Å². The van der Waals surface area contributed by atoms with Crippen molar-refractivity contribution in [3.05, 3.63) is 0 Å². The summed E-state index contributed by atoms with van der Waals surface area (Å²) < 4.78 is 26.6. The predicted octanol–water partition coefficient (Wildman–Crippen LogP) is 2.91. The zero-order valence-electron chi connectivity index (χ0n) is 16.1. The van der Waals surface area contributed by atoms with Gasteiger partial charge in [-0.2, -0.15) is 0 Å². The predicted molar refractivity (Wildman–Crippen MR) is 102 cm³/mol. The summed E-state index contributed by atoms with van der Waals surface area (Å²) in [5, 5.41) is 3.45. The highest BCUT2D eigenvalue weighted by Crippen LogP contribution is 2.55. The van der Waals surface area contributed by atoms with E-state index in [1.165, 1.54) is 19.3 Å². The van der Waals surface area contributed by atoms with Gasteiger partial charge in [-0.25, -0.2) is 12.7 Å². The highest BCUT2D eigenvalue weighted by Gasteiger charge is 2.52. The topological polar surface area (TPSA) is 66.5 Å². The van der Waals surface area contributed by atoms with Crippen LogP contribution in [0.4, 0.5) is 0 Å². The van der Waals surface area contributed by atoms with Gasteiger partial charge in [0.1, 0.15) is 0 Å². The van der Waals surface area contributed by atoms with E-state index in [9.17, 15) is 13.2 Å². The van der Waals surface area contributed by atoms with Gasteiger partial charge in [0, 0.05) is 18.6 Å². The number of rotatable bonds is 6. The van der Waals surface area contributed by atoms with Crippen LogP contribution in [0.2, 0.25) is 0 Å². The minimum atomic E-state index is -3.21. The van der Waals surface area contributed by atoms with Crippen LogP contribution in [0.1, 0.15) is 71.1 Å². The highest BCUT2D eigenvalue weighted by molar-refractivity contribution is 7.89. The van der Waals surface area contributed by atoms with Crippen molar-refractivity contribution in [2.24, 2.45) is 23.7 Å². The van der Waals surface area contributed by atoms with Crippen molar-refractivity contribution in [1.82, 2.24) is 9.62 Å². The number of piperidine rings is 1. The van der Waals surface area contributed by atoms with Crippen molar-refractivity contribution >= 4 is 15.9 Å². The first-order valence-electron chi connectivity index (χ1n) is 10.7. The van der Waals surface area contributed by atoms with Gasteiger partial charge in [-0.15, -0.1) is 0 Å². The van der Waals surface area contributed by atoms with Crippen LogP contribution in [0.5, 0.6) is 0 Å². The molecule has 5 rings (SSSR count). The molecule has 5 aliphatic rings. The maximum absolute atomic E-state index is 13.0. The van der Waals surface area contributed by atoms with Crippen LogP contribution in [0.3, 0.4) is 0 Å². The van der Waals surface area contributed by atoms with Crippen molar-refractivity contribution in [2.45, 2.75) is 76.7 Å². The number of amides is 1. The van der Waals surface area contributed by atoms with E-state index in [4.69, 9.17) is 0 Å². The van der Waals surface area contributed by atoms with Crippen molar-refractivity contribution < 1.29 is 13.2 Å². The Morgan fingerprint density at radius 3 is 2.31 bits per heavy atom. The molecule has 148 valence electrons. The first-order valence-corrected chi connectivity index (χ1v) is 12.3. The maximum atomic E-state index is 13.0. The quantitative estimate of drug-likeness (QED) is 0.768. The lowest BCUT2D eigenvalue weighted by atomic mass is 9.53. The Balaban J connectivity index is 1.39. The van der Waals surface area contributed by atoms with Gasteiger partial charge in [-0.05, 0) is 75.5 Å². The Hall–Kier alpha value is -0.620. The summed E-state index contributed by atoms with van der Waals surface area (Å²) in [5.74, 6) is 2.57. The average molecular weight is 383 g/mol. The molecular weight excluding hydrogens is 348 g/mol. The van der Waals surface area contributed by atoms with Crippen LogP contribution in [-0.4, -0.2) is 43.0 Å². The molecule has 4 aliphatic carbocycles. The lowest BCUT2D eigenvalue weighted by Gasteiger charge is -2.57. The summed E-state index contributed by atoms with van der Waals surface area (Å²) in [6, 6.07) is 0. The fourth-order valence-electron chi connectivity index (χ4n) is 6.49. The molecule has 4 bridgehead atoms. The third kappa shape index (κ3) is 3.68. The zero-order chi connectivity index (χ0) is 18.4. The van der Waals surface area contributed by atoms with E-state index in [1.54, 1.807) is 4.31 Å². The second-order valence-corrected chi connectivity index (χ2v) is 11.6. The van der Waals surface area contributed by atoms with E-state index in [-0.39, 0.29) is 23.1 Å². The van der Waals surface area contributed by atoms with Crippen LogP contribution >= 0.6 is 0 Å². The Morgan fingerprint density at radius 1 is 1.12 bits per heavy atom. The van der Waals surface area contributed by atoms with Gasteiger partial charge < -0.3 is 5.32 Å². The van der Waals surface area contributed by atoms with Crippen LogP contribution in [0.15, 0.2) is 0 Å². The molecule has 5 nitrogen and oxygen atoms in total. The monoisotopic (exact) mass is 382 g/mol. The van der Waals surface area contributed by atoms with Gasteiger partial charge in [0.2, 0.25) is 15.9 Å². The molecule has 0 aromatic heterocycles. The minimum absolute atomic E-state index is 0.0230. The number of sulfonamides is 1. The normalized spacial score (nSPS) is 39.9. The first-order chi connectivity index (χ1) is 12.4. The van der Waals surface area contributed by atoms with Crippen LogP contribution in [-0.2, 0) is 14.8 Å². The van der Waals surface area contributed by atoms with E-state index in [2.05, 4.69) is 5.32 Å². The van der Waals surface area contributed by atoms with Crippen molar-refractivity contribution in [3.8, 4) is 0 Å². The Morgan fingerprint density at radius 2 is 1.73 bits per heavy atom. The van der Waals surface area contributed by atoms with Crippen LogP contribution in [0, 0.1) is 23.7 Å². The molecule has 6 heteroatoms. The number of nitrogens with zero attached hydrogens (tertiary/aromatic N) is 1. The molecule has 0 unspecified atom stereocenters. The summed E-state index contributed by atoms with van der Waals surface area (Å²) in [4.78, 5) is 13.0. The average Bonchev–Trinajstić information content (AvgIpc) is 2.58. The Kier molecular flexibility index (Phi) is 5.10. The summed E-state index contributed by atoms with van der Waals surface area (Å²) in [6.07, 6.45) is 10.7. The fourth-order valence-corrected chi connectivity index (χ4v) is 8.22. The summed E-state index contributed by atoms with van der Waals surface area (Å²) >= 11 is 0. The number of hydrogen-bond donors (Lipinski definition) is 1. The number of carbonyl (C=O) groups is 1. The molecule has 5 fully saturated rings. The Labute approximate surface area is 158 Å². The van der Waals surface area contributed by atoms with Gasteiger partial charge in [0.05, 0.1) is 11.7 Å². The van der Waals surface area contributed by atoms with E-state index in [0.29, 0.717) is 19.5 Å². The molecule has 1 aliphatic heterocycles. The van der Waals surface area contributed by atoms with E-state index in [0.717, 1.165) is 56.3 Å². The number of nitrogens with one attached hydrogen (secondary N) is 1. The second-order valence-electron chi connectivity index (χ2n) is 9.55. The van der Waals surface area contributed by atoms with Crippen LogP contribution in [0.25, 0.3) is 0 Å². The van der Waals surface area contributed by atoms with Gasteiger partial charge in [0.25, 0.3) is 0 Å². The van der Waals surface area contributed by atoms with Gasteiger partial charge in [-0.3, -0.25) is 4.79 Å². The molecule has 1 amide bonds. The number of unbranched alkanes of at least 4 members (excludes halogenated alkanes) is 1. The molecule has 26 heavy (non-hydrogen) atoms. The third-order valence-corrected chi connectivity index (χ3v) is 9.25. The molecule has 1 saturated heterocycles. The highest BCUT2D eigenvalue weighted by atomic mass is 32.2. The smallest absolute Gasteiger partial charge is 0.224 e. The maximum Gasteiger partial charge on any atom is 0.224 e. The van der Waals surface area contributed by atoms with E-state index >= 15 is 0 Å². The van der Waals surface area contributed by atoms with Crippen LogP contribution < -0.4 is 5.32 Å². The number of carbonyl (C=O) groups excluding carboxylic acids is 1. The second kappa shape index (κ2) is 7.08. The lowest BCUT2D eigenvalue weighted by molar-refractivity contribution is -0.131. The zero-order valence-corrected chi connectivity index (χ0v) is 16.9. The van der Waals surface area contributed by atoms with Gasteiger partial charge in [0.15, 0.2) is 0 Å².